The molecule has 0 aromatic heterocycles. The zero-order chi connectivity index (χ0) is 15.3. The zero-order valence-corrected chi connectivity index (χ0v) is 13.3. The van der Waals surface area contributed by atoms with E-state index in [2.05, 4.69) is 4.72 Å². The van der Waals surface area contributed by atoms with E-state index in [9.17, 15) is 8.42 Å². The Hall–Kier alpha value is -1.11. The van der Waals surface area contributed by atoms with Crippen LogP contribution in [-0.2, 0) is 21.2 Å². The number of nitrogens with one attached hydrogen (secondary N) is 1. The number of sulfonamides is 1. The zero-order valence-electron chi connectivity index (χ0n) is 12.5. The normalized spacial score (nSPS) is 15.3. The van der Waals surface area contributed by atoms with E-state index in [1.54, 1.807) is 12.1 Å². The van der Waals surface area contributed by atoms with Crippen LogP contribution in [0.5, 0.6) is 0 Å². The van der Waals surface area contributed by atoms with Crippen molar-refractivity contribution in [2.75, 3.05) is 25.5 Å². The van der Waals surface area contributed by atoms with Crippen molar-refractivity contribution in [3.05, 3.63) is 23.8 Å². The third kappa shape index (κ3) is 4.98. The second kappa shape index (κ2) is 7.24. The second-order valence-corrected chi connectivity index (χ2v) is 7.25. The van der Waals surface area contributed by atoms with Gasteiger partial charge in [0.2, 0.25) is 10.0 Å². The third-order valence-electron chi connectivity index (χ3n) is 3.62. The third-order valence-corrected chi connectivity index (χ3v) is 5.08. The first-order valence-corrected chi connectivity index (χ1v) is 8.97. The summed E-state index contributed by atoms with van der Waals surface area (Å²) in [4.78, 5) is 0.219. The molecule has 1 saturated carbocycles. The molecule has 1 fully saturated rings. The predicted octanol–water partition coefficient (Wildman–Crippen LogP) is 1.93. The van der Waals surface area contributed by atoms with Gasteiger partial charge in [-0.05, 0) is 49.3 Å². The minimum absolute atomic E-state index is 0.219. The maximum absolute atomic E-state index is 12.1. The molecule has 0 spiro atoms. The number of aryl methyl sites for hydroxylation is 1. The van der Waals surface area contributed by atoms with Crippen LogP contribution >= 0.6 is 0 Å². The van der Waals surface area contributed by atoms with Crippen LogP contribution < -0.4 is 10.5 Å². The first-order chi connectivity index (χ1) is 10.0. The molecule has 3 N–H and O–H groups in total. The van der Waals surface area contributed by atoms with Crippen molar-refractivity contribution < 1.29 is 13.2 Å². The van der Waals surface area contributed by atoms with Gasteiger partial charge < -0.3 is 10.5 Å². The molecule has 118 valence electrons. The van der Waals surface area contributed by atoms with E-state index in [1.165, 1.54) is 18.9 Å². The summed E-state index contributed by atoms with van der Waals surface area (Å²) in [6.45, 7) is 3.76. The lowest BCUT2D eigenvalue weighted by molar-refractivity contribution is 0.123. The molecule has 0 amide bonds. The van der Waals surface area contributed by atoms with Crippen molar-refractivity contribution in [1.82, 2.24) is 4.72 Å². The minimum atomic E-state index is -3.48. The lowest BCUT2D eigenvalue weighted by Gasteiger charge is -2.09. The van der Waals surface area contributed by atoms with Gasteiger partial charge in [0.15, 0.2) is 0 Å². The summed E-state index contributed by atoms with van der Waals surface area (Å²) in [6.07, 6.45) is 4.00. The predicted molar refractivity (Wildman–Crippen MR) is 83.6 cm³/mol. The second-order valence-electron chi connectivity index (χ2n) is 5.48. The van der Waals surface area contributed by atoms with Crippen LogP contribution in [0.25, 0.3) is 0 Å². The number of hydrogen-bond donors (Lipinski definition) is 2. The van der Waals surface area contributed by atoms with Crippen LogP contribution in [0.1, 0.15) is 31.7 Å². The molecule has 1 aromatic carbocycles. The molecule has 0 saturated heterocycles. The maximum atomic E-state index is 12.1. The summed E-state index contributed by atoms with van der Waals surface area (Å²) >= 11 is 0. The van der Waals surface area contributed by atoms with Gasteiger partial charge in [-0.15, -0.1) is 0 Å². The largest absolute Gasteiger partial charge is 0.398 e. The van der Waals surface area contributed by atoms with Crippen LogP contribution in [-0.4, -0.2) is 28.2 Å². The molecule has 1 aromatic rings. The molecule has 0 bridgehead atoms. The SMILES string of the molecule is CCc1ccc(S(=O)(=O)NCCCOCC2CC2)cc1N. The van der Waals surface area contributed by atoms with Gasteiger partial charge in [-0.1, -0.05) is 13.0 Å². The Morgan fingerprint density at radius 3 is 2.76 bits per heavy atom. The lowest BCUT2D eigenvalue weighted by atomic mass is 10.1. The molecule has 6 heteroatoms. The van der Waals surface area contributed by atoms with Crippen molar-refractivity contribution in [3.8, 4) is 0 Å². The molecule has 0 heterocycles. The summed E-state index contributed by atoms with van der Waals surface area (Å²) in [5, 5.41) is 0. The van der Waals surface area contributed by atoms with Gasteiger partial charge in [0, 0.05) is 25.4 Å². The molecular formula is C15H24N2O3S. The van der Waals surface area contributed by atoms with E-state index in [0.29, 0.717) is 25.3 Å². The highest BCUT2D eigenvalue weighted by atomic mass is 32.2. The monoisotopic (exact) mass is 312 g/mol. The van der Waals surface area contributed by atoms with E-state index in [1.807, 2.05) is 6.92 Å². The molecule has 2 rings (SSSR count). The molecule has 0 atom stereocenters. The quantitative estimate of drug-likeness (QED) is 0.539. The van der Waals surface area contributed by atoms with E-state index in [0.717, 1.165) is 24.5 Å². The van der Waals surface area contributed by atoms with Gasteiger partial charge in [0.1, 0.15) is 0 Å². The van der Waals surface area contributed by atoms with Crippen LogP contribution in [0.4, 0.5) is 5.69 Å². The average molecular weight is 312 g/mol. The van der Waals surface area contributed by atoms with Gasteiger partial charge in [-0.2, -0.15) is 0 Å². The Morgan fingerprint density at radius 1 is 1.38 bits per heavy atom. The van der Waals surface area contributed by atoms with Gasteiger partial charge in [0.25, 0.3) is 0 Å². The first-order valence-electron chi connectivity index (χ1n) is 7.48. The molecule has 21 heavy (non-hydrogen) atoms. The lowest BCUT2D eigenvalue weighted by Crippen LogP contribution is -2.25. The number of benzene rings is 1. The standard InChI is InChI=1S/C15H24N2O3S/c1-2-13-6-7-14(10-15(13)16)21(18,19)17-8-3-9-20-11-12-4-5-12/h6-7,10,12,17H,2-5,8-9,11,16H2,1H3. The molecule has 0 unspecified atom stereocenters. The number of anilines is 1. The van der Waals surface area contributed by atoms with E-state index < -0.39 is 10.0 Å². The van der Waals surface area contributed by atoms with Crippen LogP contribution in [0.2, 0.25) is 0 Å². The van der Waals surface area contributed by atoms with Crippen molar-refractivity contribution in [3.63, 3.8) is 0 Å². The van der Waals surface area contributed by atoms with Crippen LogP contribution in [0.3, 0.4) is 0 Å². The molecule has 1 aliphatic carbocycles. The van der Waals surface area contributed by atoms with Crippen molar-refractivity contribution in [2.45, 2.75) is 37.5 Å². The van der Waals surface area contributed by atoms with Gasteiger partial charge in [0.05, 0.1) is 4.90 Å². The number of hydrogen-bond acceptors (Lipinski definition) is 4. The first kappa shape index (κ1) is 16.3. The number of ether oxygens (including phenoxy) is 1. The molecule has 0 radical (unpaired) electrons. The molecule has 1 aliphatic rings. The fourth-order valence-corrected chi connectivity index (χ4v) is 3.17. The number of nitrogens with two attached hydrogens (primary N) is 1. The van der Waals surface area contributed by atoms with Crippen molar-refractivity contribution in [1.29, 1.82) is 0 Å². The smallest absolute Gasteiger partial charge is 0.240 e. The summed E-state index contributed by atoms with van der Waals surface area (Å²) in [6, 6.07) is 4.88. The van der Waals surface area contributed by atoms with E-state index in [4.69, 9.17) is 10.5 Å². The molecular weight excluding hydrogens is 288 g/mol. The summed E-state index contributed by atoms with van der Waals surface area (Å²) in [7, 11) is -3.48. The van der Waals surface area contributed by atoms with Crippen molar-refractivity contribution >= 4 is 15.7 Å². The Balaban J connectivity index is 1.78. The Labute approximate surface area is 126 Å². The minimum Gasteiger partial charge on any atom is -0.398 e. The van der Waals surface area contributed by atoms with Crippen molar-refractivity contribution in [2.24, 2.45) is 5.92 Å². The number of rotatable bonds is 9. The van der Waals surface area contributed by atoms with Gasteiger partial charge in [-0.3, -0.25) is 0 Å². The Morgan fingerprint density at radius 2 is 2.14 bits per heavy atom. The highest BCUT2D eigenvalue weighted by Gasteiger charge is 2.21. The highest BCUT2D eigenvalue weighted by Crippen LogP contribution is 2.28. The summed E-state index contributed by atoms with van der Waals surface area (Å²) < 4.78 is 32.3. The molecule has 5 nitrogen and oxygen atoms in total. The van der Waals surface area contributed by atoms with Gasteiger partial charge >= 0.3 is 0 Å². The van der Waals surface area contributed by atoms with Crippen LogP contribution in [0.15, 0.2) is 23.1 Å². The average Bonchev–Trinajstić information content (AvgIpc) is 3.26. The Kier molecular flexibility index (Phi) is 5.61. The van der Waals surface area contributed by atoms with E-state index in [-0.39, 0.29) is 4.90 Å². The van der Waals surface area contributed by atoms with E-state index >= 15 is 0 Å². The highest BCUT2D eigenvalue weighted by molar-refractivity contribution is 7.89. The summed E-state index contributed by atoms with van der Waals surface area (Å²) in [5.41, 5.74) is 7.33. The van der Waals surface area contributed by atoms with Gasteiger partial charge in [-0.25, -0.2) is 13.1 Å². The summed E-state index contributed by atoms with van der Waals surface area (Å²) in [5.74, 6) is 0.738. The maximum Gasteiger partial charge on any atom is 0.240 e. The topological polar surface area (TPSA) is 81.4 Å². The Bertz CT molecular complexity index is 568. The fraction of sp³-hybridized carbons (Fsp3) is 0.600. The fourth-order valence-electron chi connectivity index (χ4n) is 2.06. The van der Waals surface area contributed by atoms with Crippen LogP contribution in [0, 0.1) is 5.92 Å². The molecule has 0 aliphatic heterocycles. The number of nitrogen functional groups attached to an aromatic ring is 1.